The third-order valence-electron chi connectivity index (χ3n) is 8.53. The van der Waals surface area contributed by atoms with E-state index in [2.05, 4.69) is 21.0 Å². The van der Waals surface area contributed by atoms with E-state index < -0.39 is 29.9 Å². The molecule has 0 unspecified atom stereocenters. The Morgan fingerprint density at radius 3 is 2.35 bits per heavy atom. The maximum atomic E-state index is 13.9. The van der Waals surface area contributed by atoms with Crippen LogP contribution in [0.3, 0.4) is 0 Å². The second-order valence-electron chi connectivity index (χ2n) is 12.9. The van der Waals surface area contributed by atoms with Crippen molar-refractivity contribution in [2.75, 3.05) is 33.8 Å². The Morgan fingerprint density at radius 1 is 1.02 bits per heavy atom. The fourth-order valence-corrected chi connectivity index (χ4v) is 5.67. The Bertz CT molecular complexity index is 1410. The summed E-state index contributed by atoms with van der Waals surface area (Å²) in [5.74, 6) is -1.03. The minimum Gasteiger partial charge on any atom is -0.497 e. The van der Waals surface area contributed by atoms with Crippen LogP contribution in [-0.4, -0.2) is 101 Å². The van der Waals surface area contributed by atoms with Crippen molar-refractivity contribution in [2.45, 2.75) is 97.8 Å². The van der Waals surface area contributed by atoms with E-state index in [0.717, 1.165) is 12.0 Å². The lowest BCUT2D eigenvalue weighted by molar-refractivity contribution is -0.141. The lowest BCUT2D eigenvalue weighted by atomic mass is 10.00. The molecule has 5 amide bonds. The largest absolute Gasteiger partial charge is 0.497 e. The average molecular weight is 668 g/mol. The summed E-state index contributed by atoms with van der Waals surface area (Å²) < 4.78 is 7.01. The molecule has 0 spiro atoms. The fourth-order valence-electron chi connectivity index (χ4n) is 5.67. The molecule has 2 aromatic rings. The number of nitrogens with one attached hydrogen (secondary N) is 3. The van der Waals surface area contributed by atoms with Crippen LogP contribution in [0.2, 0.25) is 0 Å². The van der Waals surface area contributed by atoms with Crippen LogP contribution < -0.4 is 20.7 Å². The highest BCUT2D eigenvalue weighted by atomic mass is 16.5. The van der Waals surface area contributed by atoms with Crippen LogP contribution in [0.5, 0.6) is 5.75 Å². The van der Waals surface area contributed by atoms with Gasteiger partial charge in [-0.3, -0.25) is 28.7 Å². The minimum atomic E-state index is -0.985. The SMILES string of the molecule is CCCn1cc(C(=O)N2CCCNC(=O)[C@H](C)N(C)C(=O)[C@H](Cc3ccc(OC)cc3)NC(=O)[C@@H](CC(C)C)NC(=O)CCC2)c(C)n1. The molecule has 3 atom stereocenters. The van der Waals surface area contributed by atoms with Gasteiger partial charge in [-0.1, -0.05) is 32.9 Å². The molecule has 0 aliphatic carbocycles. The van der Waals surface area contributed by atoms with Gasteiger partial charge in [-0.2, -0.15) is 5.10 Å². The molecule has 2 heterocycles. The number of ether oxygens (including phenoxy) is 1. The molecule has 264 valence electrons. The van der Waals surface area contributed by atoms with Crippen LogP contribution in [0.25, 0.3) is 0 Å². The summed E-state index contributed by atoms with van der Waals surface area (Å²) in [6.07, 6.45) is 4.13. The first-order valence-corrected chi connectivity index (χ1v) is 16.9. The zero-order valence-electron chi connectivity index (χ0n) is 29.5. The van der Waals surface area contributed by atoms with Crippen LogP contribution in [0.1, 0.15) is 81.4 Å². The van der Waals surface area contributed by atoms with Gasteiger partial charge in [0.2, 0.25) is 23.6 Å². The summed E-state index contributed by atoms with van der Waals surface area (Å²) in [5, 5.41) is 13.1. The fraction of sp³-hybridized carbons (Fsp3) is 0.600. The van der Waals surface area contributed by atoms with Crippen molar-refractivity contribution in [2.24, 2.45) is 5.92 Å². The molecular weight excluding hydrogens is 614 g/mol. The number of methoxy groups -OCH3 is 1. The van der Waals surface area contributed by atoms with Crippen molar-refractivity contribution in [1.82, 2.24) is 35.5 Å². The van der Waals surface area contributed by atoms with E-state index in [0.29, 0.717) is 55.9 Å². The van der Waals surface area contributed by atoms with Gasteiger partial charge >= 0.3 is 0 Å². The summed E-state index contributed by atoms with van der Waals surface area (Å²) in [6.45, 7) is 11.0. The Morgan fingerprint density at radius 2 is 1.71 bits per heavy atom. The number of carbonyl (C=O) groups is 5. The molecule has 1 saturated heterocycles. The van der Waals surface area contributed by atoms with Crippen molar-refractivity contribution in [1.29, 1.82) is 0 Å². The highest BCUT2D eigenvalue weighted by Crippen LogP contribution is 2.16. The van der Waals surface area contributed by atoms with Gasteiger partial charge in [-0.05, 0) is 63.1 Å². The molecule has 13 heteroatoms. The van der Waals surface area contributed by atoms with Crippen molar-refractivity contribution < 1.29 is 28.7 Å². The molecule has 1 aromatic heterocycles. The third-order valence-corrected chi connectivity index (χ3v) is 8.53. The topological polar surface area (TPSA) is 155 Å². The second-order valence-corrected chi connectivity index (χ2v) is 12.9. The van der Waals surface area contributed by atoms with Crippen molar-refractivity contribution in [3.63, 3.8) is 0 Å². The molecule has 0 radical (unpaired) electrons. The molecule has 0 saturated carbocycles. The number of amides is 5. The van der Waals surface area contributed by atoms with Crippen molar-refractivity contribution in [3.05, 3.63) is 47.3 Å². The maximum Gasteiger partial charge on any atom is 0.257 e. The number of rotatable bonds is 8. The van der Waals surface area contributed by atoms with Crippen LogP contribution in [0, 0.1) is 12.8 Å². The Labute approximate surface area is 284 Å². The average Bonchev–Trinajstić information content (AvgIpc) is 3.43. The molecule has 3 N–H and O–H groups in total. The lowest BCUT2D eigenvalue weighted by Gasteiger charge is -2.30. The van der Waals surface area contributed by atoms with Crippen LogP contribution in [-0.2, 0) is 32.1 Å². The van der Waals surface area contributed by atoms with Gasteiger partial charge in [0.05, 0.1) is 18.4 Å². The molecule has 1 fully saturated rings. The Hall–Kier alpha value is -4.42. The van der Waals surface area contributed by atoms with Crippen molar-refractivity contribution in [3.8, 4) is 5.75 Å². The van der Waals surface area contributed by atoms with Gasteiger partial charge in [-0.25, -0.2) is 0 Å². The van der Waals surface area contributed by atoms with Gasteiger partial charge in [0, 0.05) is 52.3 Å². The smallest absolute Gasteiger partial charge is 0.257 e. The number of hydrogen-bond acceptors (Lipinski definition) is 7. The maximum absolute atomic E-state index is 13.9. The van der Waals surface area contributed by atoms with E-state index in [1.165, 1.54) is 11.9 Å². The summed E-state index contributed by atoms with van der Waals surface area (Å²) >= 11 is 0. The molecule has 1 aromatic carbocycles. The number of hydrogen-bond donors (Lipinski definition) is 3. The predicted octanol–water partition coefficient (Wildman–Crippen LogP) is 2.46. The van der Waals surface area contributed by atoms with E-state index >= 15 is 0 Å². The quantitative estimate of drug-likeness (QED) is 0.391. The van der Waals surface area contributed by atoms with Gasteiger partial charge in [0.15, 0.2) is 0 Å². The molecular formula is C35H53N7O6. The van der Waals surface area contributed by atoms with Crippen molar-refractivity contribution >= 4 is 29.5 Å². The first-order valence-electron chi connectivity index (χ1n) is 16.9. The Kier molecular flexibility index (Phi) is 14.4. The van der Waals surface area contributed by atoms with Crippen LogP contribution in [0.4, 0.5) is 0 Å². The first kappa shape index (κ1) is 38.0. The molecule has 13 nitrogen and oxygen atoms in total. The molecule has 48 heavy (non-hydrogen) atoms. The number of aromatic nitrogens is 2. The number of aryl methyl sites for hydroxylation is 2. The molecule has 0 bridgehead atoms. The zero-order chi connectivity index (χ0) is 35.4. The van der Waals surface area contributed by atoms with E-state index in [4.69, 9.17) is 4.74 Å². The van der Waals surface area contributed by atoms with Gasteiger partial charge in [-0.15, -0.1) is 0 Å². The highest BCUT2D eigenvalue weighted by Gasteiger charge is 2.32. The van der Waals surface area contributed by atoms with Gasteiger partial charge in [0.25, 0.3) is 5.91 Å². The van der Waals surface area contributed by atoms with Gasteiger partial charge in [0.1, 0.15) is 23.9 Å². The highest BCUT2D eigenvalue weighted by molar-refractivity contribution is 5.95. The summed E-state index contributed by atoms with van der Waals surface area (Å²) in [6, 6.07) is 4.50. The second kappa shape index (κ2) is 18.2. The van der Waals surface area contributed by atoms with E-state index in [-0.39, 0.29) is 43.0 Å². The summed E-state index contributed by atoms with van der Waals surface area (Å²) in [4.78, 5) is 70.6. The van der Waals surface area contributed by atoms with E-state index in [1.54, 1.807) is 48.9 Å². The standard InChI is InChI=1S/C35H53N7O6/c1-8-17-42-22-28(24(4)39-42)34(46)41-18-9-11-31(43)37-29(20-23(2)3)33(45)38-30(21-26-12-14-27(48-7)15-13-26)35(47)40(6)25(5)32(44)36-16-10-19-41/h12-15,22-23,25,29-30H,8-11,16-21H2,1-7H3,(H,36,44)(H,37,43)(H,38,45)/t25-,29+,30-/m0/s1. The summed E-state index contributed by atoms with van der Waals surface area (Å²) in [5.41, 5.74) is 1.93. The van der Waals surface area contributed by atoms with Crippen LogP contribution >= 0.6 is 0 Å². The molecule has 1 aliphatic heterocycles. The summed E-state index contributed by atoms with van der Waals surface area (Å²) in [7, 11) is 3.10. The monoisotopic (exact) mass is 667 g/mol. The Balaban J connectivity index is 1.86. The zero-order valence-corrected chi connectivity index (χ0v) is 29.5. The minimum absolute atomic E-state index is 0.0750. The first-order chi connectivity index (χ1) is 22.8. The normalized spacial score (nSPS) is 20.9. The number of likely N-dealkylation sites (N-methyl/N-ethyl adjacent to an activating group) is 1. The van der Waals surface area contributed by atoms with E-state index in [9.17, 15) is 24.0 Å². The van der Waals surface area contributed by atoms with E-state index in [1.807, 2.05) is 32.9 Å². The number of benzene rings is 1. The molecule has 3 rings (SSSR count). The third kappa shape index (κ3) is 10.8. The number of nitrogens with zero attached hydrogens (tertiary/aromatic N) is 4. The number of carbonyl (C=O) groups excluding carboxylic acids is 5. The van der Waals surface area contributed by atoms with Gasteiger partial charge < -0.3 is 30.5 Å². The molecule has 1 aliphatic rings. The lowest BCUT2D eigenvalue weighted by Crippen LogP contribution is -2.57. The predicted molar refractivity (Wildman–Crippen MR) is 182 cm³/mol. The van der Waals surface area contributed by atoms with Crippen LogP contribution in [0.15, 0.2) is 30.5 Å².